The molecule has 1 aromatic rings. The number of rotatable bonds is 5. The zero-order chi connectivity index (χ0) is 12.0. The van der Waals surface area contributed by atoms with Crippen LogP contribution < -0.4 is 11.1 Å². The third-order valence-electron chi connectivity index (χ3n) is 1.89. The number of anilines is 1. The van der Waals surface area contributed by atoms with Gasteiger partial charge in [0.1, 0.15) is 0 Å². The molecule has 5 nitrogen and oxygen atoms in total. The number of aromatic nitrogens is 1. The van der Waals surface area contributed by atoms with E-state index in [1.165, 1.54) is 6.20 Å². The van der Waals surface area contributed by atoms with Gasteiger partial charge in [0.2, 0.25) is 0 Å². The molecule has 1 rings (SSSR count). The maximum atomic E-state index is 11.6. The van der Waals surface area contributed by atoms with Gasteiger partial charge in [-0.25, -0.2) is 4.98 Å². The summed E-state index contributed by atoms with van der Waals surface area (Å²) in [6, 6.07) is 3.33. The summed E-state index contributed by atoms with van der Waals surface area (Å²) < 4.78 is 5.29. The second kappa shape index (κ2) is 6.07. The van der Waals surface area contributed by atoms with Crippen LogP contribution in [0.15, 0.2) is 18.3 Å². The SMILES string of the molecule is CC(C)OCCNC(=O)c1ncccc1N. The Morgan fingerprint density at radius 1 is 1.62 bits per heavy atom. The van der Waals surface area contributed by atoms with Gasteiger partial charge in [-0.05, 0) is 26.0 Å². The second-order valence-corrected chi connectivity index (χ2v) is 3.62. The number of hydrogen-bond donors (Lipinski definition) is 2. The van der Waals surface area contributed by atoms with E-state index in [1.807, 2.05) is 13.8 Å². The van der Waals surface area contributed by atoms with Crippen molar-refractivity contribution < 1.29 is 9.53 Å². The fraction of sp³-hybridized carbons (Fsp3) is 0.455. The highest BCUT2D eigenvalue weighted by Gasteiger charge is 2.09. The van der Waals surface area contributed by atoms with Gasteiger partial charge in [0.15, 0.2) is 5.69 Å². The van der Waals surface area contributed by atoms with Crippen LogP contribution in [0.4, 0.5) is 5.69 Å². The number of nitrogen functional groups attached to an aromatic ring is 1. The molecule has 1 aromatic heterocycles. The number of pyridine rings is 1. The first-order valence-corrected chi connectivity index (χ1v) is 5.21. The molecular weight excluding hydrogens is 206 g/mol. The summed E-state index contributed by atoms with van der Waals surface area (Å²) in [5.74, 6) is -0.273. The lowest BCUT2D eigenvalue weighted by Crippen LogP contribution is -2.29. The smallest absolute Gasteiger partial charge is 0.272 e. The number of ether oxygens (including phenoxy) is 1. The van der Waals surface area contributed by atoms with Crippen molar-refractivity contribution in [3.63, 3.8) is 0 Å². The summed E-state index contributed by atoms with van der Waals surface area (Å²) in [5.41, 5.74) is 6.26. The first-order valence-electron chi connectivity index (χ1n) is 5.21. The Hall–Kier alpha value is -1.62. The molecule has 0 aromatic carbocycles. The van der Waals surface area contributed by atoms with Crippen molar-refractivity contribution in [1.82, 2.24) is 10.3 Å². The van der Waals surface area contributed by atoms with Gasteiger partial charge >= 0.3 is 0 Å². The Morgan fingerprint density at radius 3 is 3.00 bits per heavy atom. The van der Waals surface area contributed by atoms with E-state index in [0.29, 0.717) is 18.8 Å². The number of nitrogens with two attached hydrogens (primary N) is 1. The van der Waals surface area contributed by atoms with Gasteiger partial charge in [-0.15, -0.1) is 0 Å². The third kappa shape index (κ3) is 3.86. The summed E-state index contributed by atoms with van der Waals surface area (Å²) in [6.07, 6.45) is 1.70. The third-order valence-corrected chi connectivity index (χ3v) is 1.89. The fourth-order valence-corrected chi connectivity index (χ4v) is 1.15. The van der Waals surface area contributed by atoms with Gasteiger partial charge in [-0.1, -0.05) is 0 Å². The van der Waals surface area contributed by atoms with Crippen molar-refractivity contribution in [2.24, 2.45) is 0 Å². The predicted octanol–water partition coefficient (Wildman–Crippen LogP) is 0.819. The Bertz CT molecular complexity index is 353. The molecule has 1 amide bonds. The number of amides is 1. The maximum Gasteiger partial charge on any atom is 0.272 e. The summed E-state index contributed by atoms with van der Waals surface area (Å²) >= 11 is 0. The minimum Gasteiger partial charge on any atom is -0.397 e. The first-order chi connectivity index (χ1) is 7.61. The van der Waals surface area contributed by atoms with Crippen molar-refractivity contribution in [1.29, 1.82) is 0 Å². The summed E-state index contributed by atoms with van der Waals surface area (Å²) in [6.45, 7) is 4.82. The standard InChI is InChI=1S/C11H17N3O2/c1-8(2)16-7-6-14-11(15)10-9(12)4-3-5-13-10/h3-5,8H,6-7,12H2,1-2H3,(H,14,15). The number of carbonyl (C=O) groups is 1. The van der Waals surface area contributed by atoms with Crippen LogP contribution in [-0.2, 0) is 4.74 Å². The van der Waals surface area contributed by atoms with Crippen molar-refractivity contribution in [2.75, 3.05) is 18.9 Å². The van der Waals surface area contributed by atoms with E-state index in [2.05, 4.69) is 10.3 Å². The highest BCUT2D eigenvalue weighted by Crippen LogP contribution is 2.05. The van der Waals surface area contributed by atoms with E-state index < -0.39 is 0 Å². The molecule has 5 heteroatoms. The molecule has 0 radical (unpaired) electrons. The van der Waals surface area contributed by atoms with Gasteiger partial charge in [0.05, 0.1) is 18.4 Å². The van der Waals surface area contributed by atoms with Gasteiger partial charge in [-0.3, -0.25) is 4.79 Å². The highest BCUT2D eigenvalue weighted by atomic mass is 16.5. The highest BCUT2D eigenvalue weighted by molar-refractivity contribution is 5.96. The summed E-state index contributed by atoms with van der Waals surface area (Å²) in [7, 11) is 0. The zero-order valence-corrected chi connectivity index (χ0v) is 9.56. The van der Waals surface area contributed by atoms with Gasteiger partial charge in [0.25, 0.3) is 5.91 Å². The molecule has 16 heavy (non-hydrogen) atoms. The van der Waals surface area contributed by atoms with Crippen LogP contribution in [0, 0.1) is 0 Å². The first kappa shape index (κ1) is 12.4. The lowest BCUT2D eigenvalue weighted by molar-refractivity contribution is 0.0745. The molecule has 0 aliphatic rings. The van der Waals surface area contributed by atoms with E-state index in [1.54, 1.807) is 12.1 Å². The van der Waals surface area contributed by atoms with Crippen LogP contribution in [0.1, 0.15) is 24.3 Å². The minimum atomic E-state index is -0.273. The monoisotopic (exact) mass is 223 g/mol. The lowest BCUT2D eigenvalue weighted by atomic mass is 10.3. The predicted molar refractivity (Wildman–Crippen MR) is 62.1 cm³/mol. The minimum absolute atomic E-state index is 0.164. The topological polar surface area (TPSA) is 77.2 Å². The fourth-order valence-electron chi connectivity index (χ4n) is 1.15. The number of nitrogens with zero attached hydrogens (tertiary/aromatic N) is 1. The van der Waals surface area contributed by atoms with E-state index in [0.717, 1.165) is 0 Å². The van der Waals surface area contributed by atoms with E-state index in [9.17, 15) is 4.79 Å². The van der Waals surface area contributed by atoms with E-state index in [4.69, 9.17) is 10.5 Å². The van der Waals surface area contributed by atoms with Crippen molar-refractivity contribution in [2.45, 2.75) is 20.0 Å². The number of nitrogens with one attached hydrogen (secondary N) is 1. The van der Waals surface area contributed by atoms with Gasteiger partial charge < -0.3 is 15.8 Å². The molecule has 0 spiro atoms. The average molecular weight is 223 g/mol. The summed E-state index contributed by atoms with van der Waals surface area (Å²) in [4.78, 5) is 15.5. The quantitative estimate of drug-likeness (QED) is 0.724. The largest absolute Gasteiger partial charge is 0.397 e. The molecule has 0 aliphatic carbocycles. The molecule has 0 saturated carbocycles. The van der Waals surface area contributed by atoms with Crippen LogP contribution in [0.5, 0.6) is 0 Å². The molecule has 1 heterocycles. The van der Waals surface area contributed by atoms with Crippen molar-refractivity contribution in [3.05, 3.63) is 24.0 Å². The second-order valence-electron chi connectivity index (χ2n) is 3.62. The van der Waals surface area contributed by atoms with Crippen LogP contribution in [0.25, 0.3) is 0 Å². The Kier molecular flexibility index (Phi) is 4.72. The Labute approximate surface area is 95.0 Å². The van der Waals surface area contributed by atoms with E-state index in [-0.39, 0.29) is 17.7 Å². The molecule has 0 bridgehead atoms. The molecule has 0 atom stereocenters. The molecular formula is C11H17N3O2. The van der Waals surface area contributed by atoms with E-state index >= 15 is 0 Å². The normalized spacial score (nSPS) is 10.4. The van der Waals surface area contributed by atoms with Gasteiger partial charge in [-0.2, -0.15) is 0 Å². The summed E-state index contributed by atoms with van der Waals surface area (Å²) in [5, 5.41) is 2.69. The average Bonchev–Trinajstić information content (AvgIpc) is 2.24. The Morgan fingerprint density at radius 2 is 2.38 bits per heavy atom. The lowest BCUT2D eigenvalue weighted by Gasteiger charge is -2.09. The maximum absolute atomic E-state index is 11.6. The number of carbonyl (C=O) groups excluding carboxylic acids is 1. The number of hydrogen-bond acceptors (Lipinski definition) is 4. The molecule has 0 unspecified atom stereocenters. The molecule has 3 N–H and O–H groups in total. The van der Waals surface area contributed by atoms with Crippen LogP contribution >= 0.6 is 0 Å². The molecule has 0 aliphatic heterocycles. The van der Waals surface area contributed by atoms with Crippen molar-refractivity contribution >= 4 is 11.6 Å². The zero-order valence-electron chi connectivity index (χ0n) is 9.56. The molecule has 0 saturated heterocycles. The Balaban J connectivity index is 2.39. The molecule has 88 valence electrons. The van der Waals surface area contributed by atoms with Gasteiger partial charge in [0, 0.05) is 12.7 Å². The molecule has 0 fully saturated rings. The van der Waals surface area contributed by atoms with Crippen LogP contribution in [-0.4, -0.2) is 30.1 Å². The van der Waals surface area contributed by atoms with Crippen molar-refractivity contribution in [3.8, 4) is 0 Å². The van der Waals surface area contributed by atoms with Crippen LogP contribution in [0.3, 0.4) is 0 Å². The van der Waals surface area contributed by atoms with Crippen LogP contribution in [0.2, 0.25) is 0 Å².